The van der Waals surface area contributed by atoms with Crippen LogP contribution in [-0.4, -0.2) is 4.98 Å². The molecule has 0 aliphatic heterocycles. The van der Waals surface area contributed by atoms with Crippen LogP contribution in [0.1, 0.15) is 42.6 Å². The van der Waals surface area contributed by atoms with Crippen molar-refractivity contribution in [1.82, 2.24) is 10.3 Å². The van der Waals surface area contributed by atoms with Gasteiger partial charge < -0.3 is 5.32 Å². The van der Waals surface area contributed by atoms with Gasteiger partial charge in [0.25, 0.3) is 0 Å². The van der Waals surface area contributed by atoms with E-state index < -0.39 is 0 Å². The summed E-state index contributed by atoms with van der Waals surface area (Å²) in [5.41, 5.74) is 3.09. The first-order valence-electron chi connectivity index (χ1n) is 6.63. The van der Waals surface area contributed by atoms with Crippen molar-refractivity contribution >= 4 is 11.3 Å². The maximum Gasteiger partial charge on any atom is 0.0991 e. The van der Waals surface area contributed by atoms with Gasteiger partial charge in [0.1, 0.15) is 0 Å². The molecule has 2 aromatic rings. The van der Waals surface area contributed by atoms with E-state index in [-0.39, 0.29) is 5.41 Å². The molecule has 20 heavy (non-hydrogen) atoms. The Labute approximate surface area is 124 Å². The SMILES string of the molecule is CC(C)(C)c1nc(CNCc2ccc(C#N)cc2)cs1. The summed E-state index contributed by atoms with van der Waals surface area (Å²) in [6.45, 7) is 8.10. The van der Waals surface area contributed by atoms with Crippen LogP contribution in [0.3, 0.4) is 0 Å². The van der Waals surface area contributed by atoms with Gasteiger partial charge in [-0.2, -0.15) is 5.26 Å². The summed E-state index contributed by atoms with van der Waals surface area (Å²) in [6, 6.07) is 9.77. The number of benzene rings is 1. The van der Waals surface area contributed by atoms with Crippen LogP contribution in [0.2, 0.25) is 0 Å². The average molecular weight is 285 g/mol. The van der Waals surface area contributed by atoms with Gasteiger partial charge in [-0.15, -0.1) is 11.3 Å². The van der Waals surface area contributed by atoms with Gasteiger partial charge in [-0.1, -0.05) is 32.9 Å². The van der Waals surface area contributed by atoms with Crippen molar-refractivity contribution in [1.29, 1.82) is 5.26 Å². The Morgan fingerprint density at radius 3 is 2.45 bits per heavy atom. The van der Waals surface area contributed by atoms with Gasteiger partial charge in [0.2, 0.25) is 0 Å². The van der Waals surface area contributed by atoms with Crippen molar-refractivity contribution in [2.24, 2.45) is 0 Å². The number of nitriles is 1. The van der Waals surface area contributed by atoms with E-state index in [9.17, 15) is 0 Å². The maximum atomic E-state index is 8.75. The highest BCUT2D eigenvalue weighted by molar-refractivity contribution is 7.09. The highest BCUT2D eigenvalue weighted by atomic mass is 32.1. The molecule has 4 heteroatoms. The lowest BCUT2D eigenvalue weighted by atomic mass is 9.98. The molecular weight excluding hydrogens is 266 g/mol. The van der Waals surface area contributed by atoms with Crippen molar-refractivity contribution < 1.29 is 0 Å². The monoisotopic (exact) mass is 285 g/mol. The molecule has 0 aliphatic carbocycles. The number of nitrogens with zero attached hydrogens (tertiary/aromatic N) is 2. The van der Waals surface area contributed by atoms with E-state index in [2.05, 4.69) is 42.5 Å². The zero-order valence-corrected chi connectivity index (χ0v) is 12.9. The van der Waals surface area contributed by atoms with Crippen molar-refractivity contribution in [3.63, 3.8) is 0 Å². The van der Waals surface area contributed by atoms with E-state index in [0.29, 0.717) is 5.56 Å². The molecular formula is C16H19N3S. The fourth-order valence-electron chi connectivity index (χ4n) is 1.76. The molecule has 2 rings (SSSR count). The molecule has 1 heterocycles. The number of aromatic nitrogens is 1. The largest absolute Gasteiger partial charge is 0.307 e. The summed E-state index contributed by atoms with van der Waals surface area (Å²) in [4.78, 5) is 4.65. The van der Waals surface area contributed by atoms with Gasteiger partial charge >= 0.3 is 0 Å². The van der Waals surface area contributed by atoms with Crippen LogP contribution in [0.25, 0.3) is 0 Å². The van der Waals surface area contributed by atoms with E-state index in [1.165, 1.54) is 10.6 Å². The van der Waals surface area contributed by atoms with E-state index in [0.717, 1.165) is 18.8 Å². The zero-order valence-electron chi connectivity index (χ0n) is 12.1. The summed E-state index contributed by atoms with van der Waals surface area (Å²) in [5, 5.41) is 15.4. The molecule has 0 saturated heterocycles. The minimum absolute atomic E-state index is 0.121. The lowest BCUT2D eigenvalue weighted by Crippen LogP contribution is -2.14. The Morgan fingerprint density at radius 2 is 1.90 bits per heavy atom. The highest BCUT2D eigenvalue weighted by Gasteiger charge is 2.17. The Hall–Kier alpha value is -1.70. The van der Waals surface area contributed by atoms with E-state index in [4.69, 9.17) is 5.26 Å². The van der Waals surface area contributed by atoms with Gasteiger partial charge in [0.15, 0.2) is 0 Å². The van der Waals surface area contributed by atoms with E-state index in [1.54, 1.807) is 11.3 Å². The van der Waals surface area contributed by atoms with Crippen LogP contribution >= 0.6 is 11.3 Å². The predicted octanol–water partition coefficient (Wildman–Crippen LogP) is 3.60. The number of rotatable bonds is 4. The molecule has 104 valence electrons. The lowest BCUT2D eigenvalue weighted by molar-refractivity contribution is 0.579. The van der Waals surface area contributed by atoms with Gasteiger partial charge in [0, 0.05) is 23.9 Å². The van der Waals surface area contributed by atoms with Crippen molar-refractivity contribution in [3.05, 3.63) is 51.5 Å². The fourth-order valence-corrected chi connectivity index (χ4v) is 2.67. The molecule has 0 bridgehead atoms. The third-order valence-corrected chi connectivity index (χ3v) is 4.23. The highest BCUT2D eigenvalue weighted by Crippen LogP contribution is 2.25. The molecule has 1 N–H and O–H groups in total. The zero-order chi connectivity index (χ0) is 14.6. The third-order valence-electron chi connectivity index (χ3n) is 2.91. The van der Waals surface area contributed by atoms with Gasteiger partial charge in [0.05, 0.1) is 22.3 Å². The summed E-state index contributed by atoms with van der Waals surface area (Å²) < 4.78 is 0. The van der Waals surface area contributed by atoms with Crippen molar-refractivity contribution in [2.75, 3.05) is 0 Å². The number of hydrogen-bond donors (Lipinski definition) is 1. The average Bonchev–Trinajstić information content (AvgIpc) is 2.88. The molecule has 3 nitrogen and oxygen atoms in total. The van der Waals surface area contributed by atoms with Crippen LogP contribution in [-0.2, 0) is 18.5 Å². The number of hydrogen-bond acceptors (Lipinski definition) is 4. The van der Waals surface area contributed by atoms with Crippen LogP contribution in [0, 0.1) is 11.3 Å². The van der Waals surface area contributed by atoms with Crippen LogP contribution in [0.15, 0.2) is 29.6 Å². The Balaban J connectivity index is 1.86. The molecule has 0 saturated carbocycles. The Bertz CT molecular complexity index is 600. The first kappa shape index (κ1) is 14.7. The topological polar surface area (TPSA) is 48.7 Å². The molecule has 0 spiro atoms. The van der Waals surface area contributed by atoms with Gasteiger partial charge in [-0.05, 0) is 17.7 Å². The fraction of sp³-hybridized carbons (Fsp3) is 0.375. The van der Waals surface area contributed by atoms with Crippen LogP contribution in [0.4, 0.5) is 0 Å². The minimum atomic E-state index is 0.121. The molecule has 1 aromatic carbocycles. The molecule has 0 radical (unpaired) electrons. The first-order chi connectivity index (χ1) is 9.49. The number of thiazole rings is 1. The third kappa shape index (κ3) is 3.89. The number of nitrogens with one attached hydrogen (secondary N) is 1. The molecule has 0 aliphatic rings. The second-order valence-corrected chi connectivity index (χ2v) is 6.66. The summed E-state index contributed by atoms with van der Waals surface area (Å²) >= 11 is 1.72. The standard InChI is InChI=1S/C16H19N3S/c1-16(2,3)15-19-14(11-20-15)10-18-9-13-6-4-12(8-17)5-7-13/h4-7,11,18H,9-10H2,1-3H3. The van der Waals surface area contributed by atoms with Gasteiger partial charge in [-0.3, -0.25) is 0 Å². The predicted molar refractivity (Wildman–Crippen MR) is 82.5 cm³/mol. The molecule has 0 unspecified atom stereocenters. The smallest absolute Gasteiger partial charge is 0.0991 e. The van der Waals surface area contributed by atoms with Crippen LogP contribution in [0.5, 0.6) is 0 Å². The Kier molecular flexibility index (Phi) is 4.53. The van der Waals surface area contributed by atoms with Gasteiger partial charge in [-0.25, -0.2) is 4.98 Å². The minimum Gasteiger partial charge on any atom is -0.307 e. The quantitative estimate of drug-likeness (QED) is 0.933. The molecule has 0 fully saturated rings. The van der Waals surface area contributed by atoms with E-state index in [1.807, 2.05) is 24.3 Å². The van der Waals surface area contributed by atoms with Crippen molar-refractivity contribution in [2.45, 2.75) is 39.3 Å². The van der Waals surface area contributed by atoms with Crippen molar-refractivity contribution in [3.8, 4) is 6.07 Å². The first-order valence-corrected chi connectivity index (χ1v) is 7.51. The maximum absolute atomic E-state index is 8.75. The molecule has 0 atom stereocenters. The van der Waals surface area contributed by atoms with E-state index >= 15 is 0 Å². The summed E-state index contributed by atoms with van der Waals surface area (Å²) in [6.07, 6.45) is 0. The summed E-state index contributed by atoms with van der Waals surface area (Å²) in [5.74, 6) is 0. The Morgan fingerprint density at radius 1 is 1.20 bits per heavy atom. The second kappa shape index (κ2) is 6.17. The normalized spacial score (nSPS) is 11.3. The molecule has 1 aromatic heterocycles. The second-order valence-electron chi connectivity index (χ2n) is 5.81. The summed E-state index contributed by atoms with van der Waals surface area (Å²) in [7, 11) is 0. The lowest BCUT2D eigenvalue weighted by Gasteiger charge is -2.13. The molecule has 0 amide bonds. The van der Waals surface area contributed by atoms with Crippen LogP contribution < -0.4 is 5.32 Å².